The van der Waals surface area contributed by atoms with Crippen LogP contribution in [0, 0.1) is 5.21 Å². The van der Waals surface area contributed by atoms with Crippen molar-refractivity contribution in [2.45, 2.75) is 0 Å². The molecule has 0 fully saturated rings. The Hall–Kier alpha value is 0.270. The minimum Gasteiger partial charge on any atom is -0.630 e. The molecule has 0 aromatic carbocycles. The lowest BCUT2D eigenvalue weighted by molar-refractivity contribution is -0.712. The van der Waals surface area contributed by atoms with Gasteiger partial charge >= 0.3 is 0 Å². The van der Waals surface area contributed by atoms with Crippen LogP contribution in [-0.4, -0.2) is 56.0 Å². The van der Waals surface area contributed by atoms with Crippen molar-refractivity contribution in [3.8, 4) is 0 Å². The van der Waals surface area contributed by atoms with Gasteiger partial charge in [0, 0.05) is 0 Å². The Morgan fingerprint density at radius 3 is 1.27 bits per heavy atom. The smallest absolute Gasteiger partial charge is 0.269 e. The van der Waals surface area contributed by atoms with E-state index in [2.05, 4.69) is 0 Å². The van der Waals surface area contributed by atoms with E-state index in [1.165, 1.54) is 0 Å². The predicted octanol–water partition coefficient (Wildman–Crippen LogP) is 0.911. The molecule has 68 valence electrons. The summed E-state index contributed by atoms with van der Waals surface area (Å²) in [5.74, 6) is 0. The Morgan fingerprint density at radius 2 is 1.27 bits per heavy atom. The molecule has 0 N–H and O–H groups in total. The lowest BCUT2D eigenvalue weighted by Gasteiger charge is -2.45. The minimum atomic E-state index is -0.771. The molecule has 0 bridgehead atoms. The Labute approximate surface area is 70.5 Å². The van der Waals surface area contributed by atoms with Crippen LogP contribution in [0.25, 0.3) is 0 Å². The van der Waals surface area contributed by atoms with Gasteiger partial charge in [0.2, 0.25) is 0 Å². The van der Waals surface area contributed by atoms with Gasteiger partial charge in [-0.1, -0.05) is 0 Å². The molecule has 0 saturated heterocycles. The van der Waals surface area contributed by atoms with Crippen molar-refractivity contribution >= 4 is 8.37 Å². The Balaban J connectivity index is 4.35. The van der Waals surface area contributed by atoms with E-state index in [4.69, 9.17) is 0 Å². The highest BCUT2D eigenvalue weighted by atomic mass is 31.2. The van der Waals surface area contributed by atoms with E-state index in [0.29, 0.717) is 0 Å². The van der Waals surface area contributed by atoms with Gasteiger partial charge in [0.1, 0.15) is 0 Å². The van der Waals surface area contributed by atoms with Gasteiger partial charge in [0.05, 0.1) is 14.1 Å². The molecule has 0 saturated carbocycles. The first-order valence-corrected chi connectivity index (χ1v) is 4.67. The summed E-state index contributed by atoms with van der Waals surface area (Å²) in [7, 11) is 10.3. The zero-order chi connectivity index (χ0) is 9.23. The molecule has 0 aromatic rings. The van der Waals surface area contributed by atoms with Gasteiger partial charge in [-0.25, -0.2) is 9.34 Å². The molecular weight excluding hydrogens is 161 g/mol. The fourth-order valence-corrected chi connectivity index (χ4v) is 3.66. The maximum atomic E-state index is 11.6. The standard InChI is InChI=1S/C6H18N3OP/c1-7(2)11(8(3)4)9(5,6)10/h1-6H3. The van der Waals surface area contributed by atoms with Crippen LogP contribution in [0.5, 0.6) is 0 Å². The molecule has 0 aliphatic rings. The van der Waals surface area contributed by atoms with Crippen LogP contribution in [0.3, 0.4) is 0 Å². The third kappa shape index (κ3) is 3.45. The lowest BCUT2D eigenvalue weighted by Crippen LogP contribution is -2.37. The van der Waals surface area contributed by atoms with Crippen LogP contribution in [0.2, 0.25) is 0 Å². The summed E-state index contributed by atoms with van der Waals surface area (Å²) in [6, 6.07) is 0. The van der Waals surface area contributed by atoms with Crippen LogP contribution in [0.15, 0.2) is 0 Å². The molecule has 0 spiro atoms. The second-order valence-corrected chi connectivity index (χ2v) is 6.36. The van der Waals surface area contributed by atoms with Crippen molar-refractivity contribution in [2.24, 2.45) is 0 Å². The fourth-order valence-electron chi connectivity index (χ4n) is 1.22. The summed E-state index contributed by atoms with van der Waals surface area (Å²) in [6.07, 6.45) is 0. The lowest BCUT2D eigenvalue weighted by atomic mass is 11.2. The number of quaternary nitrogens is 1. The van der Waals surface area contributed by atoms with Gasteiger partial charge in [0.15, 0.2) is 0 Å². The summed E-state index contributed by atoms with van der Waals surface area (Å²) in [5, 5.41) is 11.6. The first-order chi connectivity index (χ1) is 4.76. The molecule has 5 heteroatoms. The molecule has 0 aliphatic heterocycles. The van der Waals surface area contributed by atoms with Crippen molar-refractivity contribution in [2.75, 3.05) is 42.3 Å². The number of nitrogens with zero attached hydrogens (tertiary/aromatic N) is 3. The molecule has 0 heterocycles. The third-order valence-electron chi connectivity index (χ3n) is 1.15. The fraction of sp³-hybridized carbons (Fsp3) is 1.00. The van der Waals surface area contributed by atoms with E-state index in [1.54, 1.807) is 14.1 Å². The molecular formula is C6H18N3OP. The van der Waals surface area contributed by atoms with Gasteiger partial charge in [-0.05, 0) is 28.2 Å². The topological polar surface area (TPSA) is 29.5 Å². The number of rotatable bonds is 3. The Kier molecular flexibility index (Phi) is 3.88. The highest BCUT2D eigenvalue weighted by Gasteiger charge is 2.27. The normalized spacial score (nSPS) is 13.6. The first-order valence-electron chi connectivity index (χ1n) is 3.47. The third-order valence-corrected chi connectivity index (χ3v) is 3.44. The molecule has 4 nitrogen and oxygen atoms in total. The monoisotopic (exact) mass is 179 g/mol. The van der Waals surface area contributed by atoms with E-state index < -0.39 is 8.37 Å². The highest BCUT2D eigenvalue weighted by molar-refractivity contribution is 7.46. The first kappa shape index (κ1) is 11.3. The number of hydroxylamine groups is 2. The molecule has 0 aromatic heterocycles. The Bertz CT molecular complexity index is 113. The highest BCUT2D eigenvalue weighted by Crippen LogP contribution is 2.46. The summed E-state index contributed by atoms with van der Waals surface area (Å²) < 4.78 is 3.69. The zero-order valence-corrected chi connectivity index (χ0v) is 9.09. The average Bonchev–Trinajstić information content (AvgIpc) is 1.54. The van der Waals surface area contributed by atoms with Gasteiger partial charge in [-0.15, -0.1) is 0 Å². The van der Waals surface area contributed by atoms with E-state index in [0.717, 1.165) is 0 Å². The van der Waals surface area contributed by atoms with Gasteiger partial charge < -0.3 is 9.62 Å². The van der Waals surface area contributed by atoms with Crippen molar-refractivity contribution in [3.05, 3.63) is 5.21 Å². The van der Waals surface area contributed by atoms with E-state index in [9.17, 15) is 5.21 Å². The summed E-state index contributed by atoms with van der Waals surface area (Å²) >= 11 is 0. The molecule has 0 rings (SSSR count). The summed E-state index contributed by atoms with van der Waals surface area (Å²) in [5.41, 5.74) is 0. The van der Waals surface area contributed by atoms with E-state index >= 15 is 0 Å². The molecule has 0 atom stereocenters. The molecule has 0 unspecified atom stereocenters. The summed E-state index contributed by atoms with van der Waals surface area (Å²) in [6.45, 7) is 0. The number of hydrogen-bond acceptors (Lipinski definition) is 3. The molecule has 0 radical (unpaired) electrons. The van der Waals surface area contributed by atoms with Crippen molar-refractivity contribution in [1.82, 2.24) is 9.34 Å². The quantitative estimate of drug-likeness (QED) is 0.476. The molecule has 11 heavy (non-hydrogen) atoms. The maximum absolute atomic E-state index is 11.6. The maximum Gasteiger partial charge on any atom is 0.269 e. The van der Waals surface area contributed by atoms with Crippen molar-refractivity contribution in [3.63, 3.8) is 0 Å². The largest absolute Gasteiger partial charge is 0.630 e. The van der Waals surface area contributed by atoms with Crippen LogP contribution in [0.1, 0.15) is 0 Å². The van der Waals surface area contributed by atoms with Crippen LogP contribution < -0.4 is 0 Å². The van der Waals surface area contributed by atoms with Crippen LogP contribution in [0.4, 0.5) is 0 Å². The van der Waals surface area contributed by atoms with E-state index in [1.807, 2.05) is 37.5 Å². The van der Waals surface area contributed by atoms with Gasteiger partial charge in [0.25, 0.3) is 8.37 Å². The SMILES string of the molecule is CN(C)P(N(C)C)[N+](C)(C)[O-]. The predicted molar refractivity (Wildman–Crippen MR) is 49.8 cm³/mol. The van der Waals surface area contributed by atoms with Gasteiger partial charge in [-0.3, -0.25) is 0 Å². The van der Waals surface area contributed by atoms with Gasteiger partial charge in [-0.2, -0.15) is 0 Å². The number of hydrogen-bond donors (Lipinski definition) is 0. The van der Waals surface area contributed by atoms with Crippen molar-refractivity contribution < 1.29 is 4.42 Å². The molecule has 0 amide bonds. The molecule has 0 aliphatic carbocycles. The minimum absolute atomic E-state index is 0.255. The average molecular weight is 179 g/mol. The van der Waals surface area contributed by atoms with Crippen LogP contribution >= 0.6 is 8.37 Å². The second kappa shape index (κ2) is 3.78. The Morgan fingerprint density at radius 1 is 1.00 bits per heavy atom. The summed E-state index contributed by atoms with van der Waals surface area (Å²) in [4.78, 5) is 0. The second-order valence-electron chi connectivity index (χ2n) is 3.26. The zero-order valence-electron chi connectivity index (χ0n) is 8.20. The van der Waals surface area contributed by atoms with Crippen LogP contribution in [-0.2, 0) is 0 Å². The van der Waals surface area contributed by atoms with E-state index in [-0.39, 0.29) is 4.42 Å². The van der Waals surface area contributed by atoms with Crippen molar-refractivity contribution in [1.29, 1.82) is 0 Å².